The van der Waals surface area contributed by atoms with Crippen molar-refractivity contribution in [2.24, 2.45) is 0 Å². The number of rotatable bonds is 4. The number of carbonyl (C=O) groups excluding carboxylic acids is 1. The third kappa shape index (κ3) is 3.89. The number of hydrogen-bond donors (Lipinski definition) is 1. The number of amides is 1. The Hall–Kier alpha value is -1.91. The molecule has 0 saturated heterocycles. The summed E-state index contributed by atoms with van der Waals surface area (Å²) in [5.74, 6) is 1.04. The van der Waals surface area contributed by atoms with Gasteiger partial charge in [0.05, 0.1) is 0 Å². The molecule has 2 aromatic carbocycles. The van der Waals surface area contributed by atoms with E-state index >= 15 is 0 Å². The smallest absolute Gasteiger partial charge is 0.264 e. The van der Waals surface area contributed by atoms with Crippen LogP contribution in [0.4, 0.5) is 0 Å². The molecule has 1 amide bonds. The number of fused-ring (bicyclic) bond motifs is 1. The monoisotopic (exact) mass is 351 g/mol. The van der Waals surface area contributed by atoms with Gasteiger partial charge in [-0.25, -0.2) is 0 Å². The maximum Gasteiger partial charge on any atom is 0.264 e. The van der Waals surface area contributed by atoms with Crippen LogP contribution in [0.1, 0.15) is 5.56 Å². The van der Waals surface area contributed by atoms with Gasteiger partial charge in [-0.2, -0.15) is 0 Å². The molecule has 120 valence electrons. The number of nitrogens with one attached hydrogen (secondary N) is 1. The van der Waals surface area contributed by atoms with Gasteiger partial charge in [0.15, 0.2) is 11.5 Å². The van der Waals surface area contributed by atoms with Crippen LogP contribution in [0, 0.1) is 0 Å². The van der Waals surface area contributed by atoms with E-state index < -0.39 is 6.10 Å². The van der Waals surface area contributed by atoms with Crippen LogP contribution < -0.4 is 14.8 Å². The molecule has 1 aliphatic rings. The lowest BCUT2D eigenvalue weighted by atomic mass is 10.1. The van der Waals surface area contributed by atoms with Crippen molar-refractivity contribution in [2.75, 3.05) is 13.2 Å². The number of hydrogen-bond acceptors (Lipinski definition) is 3. The van der Waals surface area contributed by atoms with Crippen molar-refractivity contribution in [1.29, 1.82) is 0 Å². The molecule has 23 heavy (non-hydrogen) atoms. The minimum atomic E-state index is -0.648. The second-order valence-electron chi connectivity index (χ2n) is 5.14. The first-order chi connectivity index (χ1) is 11.1. The van der Waals surface area contributed by atoms with Crippen molar-refractivity contribution in [1.82, 2.24) is 5.32 Å². The predicted octanol–water partition coefficient (Wildman–Crippen LogP) is 3.49. The number of carbonyl (C=O) groups is 1. The Morgan fingerprint density at radius 1 is 1.17 bits per heavy atom. The van der Waals surface area contributed by atoms with Crippen LogP contribution >= 0.6 is 23.2 Å². The summed E-state index contributed by atoms with van der Waals surface area (Å²) < 4.78 is 11.2. The van der Waals surface area contributed by atoms with Crippen molar-refractivity contribution < 1.29 is 14.3 Å². The zero-order valence-corrected chi connectivity index (χ0v) is 13.7. The fourth-order valence-electron chi connectivity index (χ4n) is 2.31. The van der Waals surface area contributed by atoms with Crippen molar-refractivity contribution in [2.45, 2.75) is 12.5 Å². The molecule has 0 saturated carbocycles. The molecule has 0 unspecified atom stereocenters. The van der Waals surface area contributed by atoms with Gasteiger partial charge in [-0.05, 0) is 36.2 Å². The van der Waals surface area contributed by atoms with E-state index in [-0.39, 0.29) is 12.5 Å². The van der Waals surface area contributed by atoms with Gasteiger partial charge in [-0.1, -0.05) is 41.4 Å². The van der Waals surface area contributed by atoms with Gasteiger partial charge in [-0.15, -0.1) is 0 Å². The average Bonchev–Trinajstić information content (AvgIpc) is 2.56. The van der Waals surface area contributed by atoms with Gasteiger partial charge in [0.25, 0.3) is 5.91 Å². The molecule has 0 bridgehead atoms. The number of halogens is 2. The molecule has 1 aliphatic heterocycles. The molecule has 4 nitrogen and oxygen atoms in total. The van der Waals surface area contributed by atoms with Crippen LogP contribution in [-0.4, -0.2) is 25.2 Å². The highest BCUT2D eigenvalue weighted by molar-refractivity contribution is 6.35. The van der Waals surface area contributed by atoms with Crippen molar-refractivity contribution in [3.05, 3.63) is 58.1 Å². The molecule has 1 heterocycles. The van der Waals surface area contributed by atoms with E-state index in [2.05, 4.69) is 5.32 Å². The summed E-state index contributed by atoms with van der Waals surface area (Å²) in [6.45, 7) is 0.659. The minimum absolute atomic E-state index is 0.199. The summed E-state index contributed by atoms with van der Waals surface area (Å²) in [6, 6.07) is 12.6. The van der Waals surface area contributed by atoms with Gasteiger partial charge < -0.3 is 14.8 Å². The summed E-state index contributed by atoms with van der Waals surface area (Å²) in [4.78, 5) is 12.2. The Morgan fingerprint density at radius 3 is 2.74 bits per heavy atom. The highest BCUT2D eigenvalue weighted by atomic mass is 35.5. The highest BCUT2D eigenvalue weighted by Crippen LogP contribution is 2.30. The van der Waals surface area contributed by atoms with Crippen molar-refractivity contribution >= 4 is 29.1 Å². The van der Waals surface area contributed by atoms with Crippen LogP contribution in [0.5, 0.6) is 11.5 Å². The van der Waals surface area contributed by atoms with E-state index in [0.717, 1.165) is 5.56 Å². The molecule has 0 radical (unpaired) electrons. The maximum absolute atomic E-state index is 12.2. The minimum Gasteiger partial charge on any atom is -0.485 e. The van der Waals surface area contributed by atoms with E-state index in [0.29, 0.717) is 34.5 Å². The number of para-hydroxylation sites is 2. The molecule has 0 fully saturated rings. The van der Waals surface area contributed by atoms with Gasteiger partial charge in [-0.3, -0.25) is 4.79 Å². The Kier molecular flexibility index (Phi) is 4.94. The maximum atomic E-state index is 12.2. The zero-order chi connectivity index (χ0) is 16.2. The quantitative estimate of drug-likeness (QED) is 0.916. The SMILES string of the molecule is O=C(NCCc1ccc(Cl)cc1Cl)[C@@H]1COc2ccccc2O1. The van der Waals surface area contributed by atoms with E-state index in [1.54, 1.807) is 18.2 Å². The second kappa shape index (κ2) is 7.11. The van der Waals surface area contributed by atoms with E-state index in [9.17, 15) is 4.79 Å². The molecule has 6 heteroatoms. The Bertz CT molecular complexity index is 721. The largest absolute Gasteiger partial charge is 0.485 e. The first kappa shape index (κ1) is 16.0. The van der Waals surface area contributed by atoms with Crippen LogP contribution in [-0.2, 0) is 11.2 Å². The summed E-state index contributed by atoms with van der Waals surface area (Å²) >= 11 is 12.0. The van der Waals surface area contributed by atoms with Crippen LogP contribution in [0.25, 0.3) is 0 Å². The molecule has 0 aromatic heterocycles. The van der Waals surface area contributed by atoms with E-state index in [1.807, 2.05) is 24.3 Å². The molecular formula is C17H15Cl2NO3. The summed E-state index contributed by atoms with van der Waals surface area (Å²) in [7, 11) is 0. The summed E-state index contributed by atoms with van der Waals surface area (Å²) in [5, 5.41) is 4.03. The molecule has 0 spiro atoms. The van der Waals surface area contributed by atoms with Gasteiger partial charge >= 0.3 is 0 Å². The van der Waals surface area contributed by atoms with E-state index in [4.69, 9.17) is 32.7 Å². The fourth-order valence-corrected chi connectivity index (χ4v) is 2.81. The molecule has 0 aliphatic carbocycles. The zero-order valence-electron chi connectivity index (χ0n) is 12.2. The van der Waals surface area contributed by atoms with Crippen molar-refractivity contribution in [3.8, 4) is 11.5 Å². The first-order valence-corrected chi connectivity index (χ1v) is 7.99. The standard InChI is InChI=1S/C17H15Cl2NO3/c18-12-6-5-11(13(19)9-12)7-8-20-17(21)16-10-22-14-3-1-2-4-15(14)23-16/h1-6,9,16H,7-8,10H2,(H,20,21)/t16-/m0/s1. The predicted molar refractivity (Wildman–Crippen MR) is 89.5 cm³/mol. The Morgan fingerprint density at radius 2 is 1.96 bits per heavy atom. The van der Waals surface area contributed by atoms with Gasteiger partial charge in [0, 0.05) is 16.6 Å². The third-order valence-electron chi connectivity index (χ3n) is 3.51. The second-order valence-corrected chi connectivity index (χ2v) is 5.98. The van der Waals surface area contributed by atoms with E-state index in [1.165, 1.54) is 0 Å². The molecular weight excluding hydrogens is 337 g/mol. The van der Waals surface area contributed by atoms with Crippen LogP contribution in [0.3, 0.4) is 0 Å². The third-order valence-corrected chi connectivity index (χ3v) is 4.10. The topological polar surface area (TPSA) is 47.6 Å². The van der Waals surface area contributed by atoms with Crippen LogP contribution in [0.15, 0.2) is 42.5 Å². The molecule has 2 aromatic rings. The Balaban J connectivity index is 1.52. The first-order valence-electron chi connectivity index (χ1n) is 7.23. The summed E-state index contributed by atoms with van der Waals surface area (Å²) in [6.07, 6.45) is -0.0306. The average molecular weight is 352 g/mol. The highest BCUT2D eigenvalue weighted by Gasteiger charge is 2.26. The van der Waals surface area contributed by atoms with Gasteiger partial charge in [0.2, 0.25) is 6.10 Å². The fraction of sp³-hybridized carbons (Fsp3) is 0.235. The Labute approximate surface area is 144 Å². The lowest BCUT2D eigenvalue weighted by Gasteiger charge is -2.25. The number of ether oxygens (including phenoxy) is 2. The molecule has 1 N–H and O–H groups in total. The van der Waals surface area contributed by atoms with Crippen molar-refractivity contribution in [3.63, 3.8) is 0 Å². The molecule has 1 atom stereocenters. The lowest BCUT2D eigenvalue weighted by molar-refractivity contribution is -0.130. The lowest BCUT2D eigenvalue weighted by Crippen LogP contribution is -2.44. The summed E-state index contributed by atoms with van der Waals surface area (Å²) in [5.41, 5.74) is 0.933. The van der Waals surface area contributed by atoms with Crippen LogP contribution in [0.2, 0.25) is 10.0 Å². The van der Waals surface area contributed by atoms with Gasteiger partial charge in [0.1, 0.15) is 6.61 Å². The normalized spacial score (nSPS) is 16.0. The molecule has 3 rings (SSSR count). The number of benzene rings is 2.